The molecule has 2 nitrogen and oxygen atoms in total. The molecule has 2 heteroatoms. The third-order valence-electron chi connectivity index (χ3n) is 3.55. The molecule has 17 heavy (non-hydrogen) atoms. The first-order valence-corrected chi connectivity index (χ1v) is 6.37. The summed E-state index contributed by atoms with van der Waals surface area (Å²) in [5, 5.41) is 0. The monoisotopic (exact) mass is 231 g/mol. The van der Waals surface area contributed by atoms with E-state index in [4.69, 9.17) is 4.74 Å². The Morgan fingerprint density at radius 2 is 2.18 bits per heavy atom. The number of carbonyl (C=O) groups excluding carboxylic acids is 1. The van der Waals surface area contributed by atoms with Crippen LogP contribution in [-0.4, -0.2) is 13.1 Å². The van der Waals surface area contributed by atoms with Crippen molar-refractivity contribution in [3.63, 3.8) is 0 Å². The van der Waals surface area contributed by atoms with Crippen molar-refractivity contribution in [1.29, 1.82) is 0 Å². The molecular weight excluding hydrogens is 212 g/mol. The molecule has 1 fully saturated rings. The van der Waals surface area contributed by atoms with E-state index in [1.165, 1.54) is 44.8 Å². The van der Waals surface area contributed by atoms with Gasteiger partial charge < -0.3 is 4.74 Å². The fourth-order valence-electron chi connectivity index (χ4n) is 2.64. The van der Waals surface area contributed by atoms with Crippen molar-refractivity contribution < 1.29 is 9.53 Å². The van der Waals surface area contributed by atoms with E-state index in [0.717, 1.165) is 5.56 Å². The molecule has 1 aliphatic rings. The molecule has 0 saturated heterocycles. The van der Waals surface area contributed by atoms with E-state index in [2.05, 4.69) is 6.07 Å². The Morgan fingerprint density at radius 1 is 1.41 bits per heavy atom. The van der Waals surface area contributed by atoms with Crippen molar-refractivity contribution in [1.82, 2.24) is 0 Å². The van der Waals surface area contributed by atoms with E-state index in [9.17, 15) is 4.79 Å². The van der Waals surface area contributed by atoms with Crippen LogP contribution in [0.1, 0.15) is 49.1 Å². The van der Waals surface area contributed by atoms with Crippen LogP contribution >= 0.6 is 0 Å². The van der Waals surface area contributed by atoms with Gasteiger partial charge in [-0.25, -0.2) is 0 Å². The Labute approximate surface area is 103 Å². The Morgan fingerprint density at radius 3 is 2.88 bits per heavy atom. The van der Waals surface area contributed by atoms with Gasteiger partial charge in [-0.2, -0.15) is 0 Å². The molecule has 1 radical (unpaired) electrons. The summed E-state index contributed by atoms with van der Waals surface area (Å²) < 4.78 is 4.74. The number of carbonyl (C=O) groups is 1. The maximum atomic E-state index is 11.4. The first-order chi connectivity index (χ1) is 8.31. The minimum absolute atomic E-state index is 0.165. The molecular formula is C15H19O2. The molecule has 2 rings (SSSR count). The summed E-state index contributed by atoms with van der Waals surface area (Å²) in [6.45, 7) is 0. The molecule has 0 bridgehead atoms. The van der Waals surface area contributed by atoms with Crippen molar-refractivity contribution >= 4 is 5.97 Å². The molecule has 0 aliphatic heterocycles. The van der Waals surface area contributed by atoms with E-state index >= 15 is 0 Å². The minimum Gasteiger partial charge on any atom is -0.469 e. The third-order valence-corrected chi connectivity index (χ3v) is 3.55. The predicted molar refractivity (Wildman–Crippen MR) is 66.8 cm³/mol. The number of hydrogen-bond acceptors (Lipinski definition) is 2. The average Bonchev–Trinajstić information content (AvgIpc) is 2.40. The molecule has 0 heterocycles. The topological polar surface area (TPSA) is 26.3 Å². The third kappa shape index (κ3) is 3.09. The maximum absolute atomic E-state index is 11.4. The number of benzene rings is 1. The van der Waals surface area contributed by atoms with Crippen molar-refractivity contribution in [2.24, 2.45) is 0 Å². The quantitative estimate of drug-likeness (QED) is 0.746. The number of rotatable bonds is 3. The van der Waals surface area contributed by atoms with Crippen LogP contribution < -0.4 is 0 Å². The van der Waals surface area contributed by atoms with Crippen LogP contribution in [0, 0.1) is 6.07 Å². The summed E-state index contributed by atoms with van der Waals surface area (Å²) in [4.78, 5) is 11.4. The summed E-state index contributed by atoms with van der Waals surface area (Å²) in [7, 11) is 1.44. The zero-order chi connectivity index (χ0) is 12.1. The van der Waals surface area contributed by atoms with Crippen LogP contribution in [0.3, 0.4) is 0 Å². The number of esters is 1. The fourth-order valence-corrected chi connectivity index (χ4v) is 2.64. The average molecular weight is 231 g/mol. The van der Waals surface area contributed by atoms with E-state index in [1.54, 1.807) is 0 Å². The summed E-state index contributed by atoms with van der Waals surface area (Å²) in [5.74, 6) is 0.422. The van der Waals surface area contributed by atoms with Crippen molar-refractivity contribution in [2.75, 3.05) is 7.11 Å². The zero-order valence-corrected chi connectivity index (χ0v) is 10.4. The molecule has 1 aromatic carbocycles. The van der Waals surface area contributed by atoms with Gasteiger partial charge >= 0.3 is 5.97 Å². The van der Waals surface area contributed by atoms with Gasteiger partial charge in [-0.3, -0.25) is 4.79 Å². The minimum atomic E-state index is -0.165. The molecule has 91 valence electrons. The Bertz CT molecular complexity index is 378. The number of hydrogen-bond donors (Lipinski definition) is 0. The molecule has 1 aromatic rings. The Hall–Kier alpha value is -1.31. The standard InChI is InChI=1S/C15H19O2/c1-17-15(16)11-13-9-5-6-10-14(13)12-7-3-2-4-8-12/h5-6,9,12H,2-4,7-8,11H2,1H3. The normalized spacial score (nSPS) is 16.8. The molecule has 0 spiro atoms. The fraction of sp³-hybridized carbons (Fsp3) is 0.533. The van der Waals surface area contributed by atoms with Crippen LogP contribution in [0.5, 0.6) is 0 Å². The van der Waals surface area contributed by atoms with Crippen LogP contribution in [0.15, 0.2) is 18.2 Å². The maximum Gasteiger partial charge on any atom is 0.309 e. The first kappa shape index (κ1) is 12.2. The van der Waals surface area contributed by atoms with Gasteiger partial charge in [-0.1, -0.05) is 37.5 Å². The molecule has 0 N–H and O–H groups in total. The van der Waals surface area contributed by atoms with E-state index in [-0.39, 0.29) is 5.97 Å². The summed E-state index contributed by atoms with van der Waals surface area (Å²) in [5.41, 5.74) is 2.32. The Balaban J connectivity index is 2.17. The van der Waals surface area contributed by atoms with Crippen molar-refractivity contribution in [3.8, 4) is 0 Å². The summed E-state index contributed by atoms with van der Waals surface area (Å²) >= 11 is 0. The van der Waals surface area contributed by atoms with Gasteiger partial charge in [-0.15, -0.1) is 0 Å². The van der Waals surface area contributed by atoms with Gasteiger partial charge in [0.15, 0.2) is 0 Å². The lowest BCUT2D eigenvalue weighted by Gasteiger charge is -2.23. The second-order valence-corrected chi connectivity index (χ2v) is 4.70. The van der Waals surface area contributed by atoms with Crippen LogP contribution in [0.2, 0.25) is 0 Å². The van der Waals surface area contributed by atoms with Crippen molar-refractivity contribution in [3.05, 3.63) is 35.4 Å². The van der Waals surface area contributed by atoms with E-state index < -0.39 is 0 Å². The van der Waals surface area contributed by atoms with E-state index in [1.807, 2.05) is 18.2 Å². The van der Waals surface area contributed by atoms with E-state index in [0.29, 0.717) is 12.3 Å². The van der Waals surface area contributed by atoms with Gasteiger partial charge in [-0.05, 0) is 36.0 Å². The molecule has 0 unspecified atom stereocenters. The number of methoxy groups -OCH3 is 1. The largest absolute Gasteiger partial charge is 0.469 e. The molecule has 0 amide bonds. The van der Waals surface area contributed by atoms with Gasteiger partial charge in [0, 0.05) is 0 Å². The van der Waals surface area contributed by atoms with Crippen molar-refractivity contribution in [2.45, 2.75) is 44.4 Å². The first-order valence-electron chi connectivity index (χ1n) is 6.37. The van der Waals surface area contributed by atoms with Gasteiger partial charge in [0.2, 0.25) is 0 Å². The highest BCUT2D eigenvalue weighted by Gasteiger charge is 2.19. The SMILES string of the molecule is COC(=O)Cc1ccc[c]c1C1CCCCC1. The second kappa shape index (κ2) is 5.85. The van der Waals surface area contributed by atoms with Crippen LogP contribution in [-0.2, 0) is 16.0 Å². The highest BCUT2D eigenvalue weighted by molar-refractivity contribution is 5.72. The van der Waals surface area contributed by atoms with Gasteiger partial charge in [0.25, 0.3) is 0 Å². The second-order valence-electron chi connectivity index (χ2n) is 4.70. The van der Waals surface area contributed by atoms with Gasteiger partial charge in [0.1, 0.15) is 0 Å². The van der Waals surface area contributed by atoms with Crippen LogP contribution in [0.4, 0.5) is 0 Å². The number of ether oxygens (including phenoxy) is 1. The van der Waals surface area contributed by atoms with Crippen LogP contribution in [0.25, 0.3) is 0 Å². The molecule has 0 atom stereocenters. The molecule has 1 aliphatic carbocycles. The summed E-state index contributed by atoms with van der Waals surface area (Å²) in [6, 6.07) is 9.25. The zero-order valence-electron chi connectivity index (χ0n) is 10.4. The predicted octanol–water partition coefficient (Wildman–Crippen LogP) is 3.25. The molecule has 0 aromatic heterocycles. The Kier molecular flexibility index (Phi) is 4.18. The lowest BCUT2D eigenvalue weighted by Crippen LogP contribution is -2.11. The smallest absolute Gasteiger partial charge is 0.309 e. The lowest BCUT2D eigenvalue weighted by atomic mass is 9.81. The highest BCUT2D eigenvalue weighted by atomic mass is 16.5. The lowest BCUT2D eigenvalue weighted by molar-refractivity contribution is -0.139. The highest BCUT2D eigenvalue weighted by Crippen LogP contribution is 2.34. The van der Waals surface area contributed by atoms with Gasteiger partial charge in [0.05, 0.1) is 13.5 Å². The molecule has 1 saturated carbocycles. The summed E-state index contributed by atoms with van der Waals surface area (Å²) in [6.07, 6.45) is 6.77.